The van der Waals surface area contributed by atoms with E-state index in [0.29, 0.717) is 6.61 Å². The molecular formula is C21H28N6OS. The molecule has 1 aliphatic rings. The van der Waals surface area contributed by atoms with Crippen LogP contribution < -0.4 is 5.32 Å². The van der Waals surface area contributed by atoms with Crippen LogP contribution in [-0.4, -0.2) is 58.4 Å². The van der Waals surface area contributed by atoms with E-state index in [-0.39, 0.29) is 6.10 Å². The van der Waals surface area contributed by atoms with Crippen LogP contribution in [0.3, 0.4) is 0 Å². The molecule has 1 atom stereocenters. The number of aryl methyl sites for hydroxylation is 2. The van der Waals surface area contributed by atoms with E-state index in [0.717, 1.165) is 56.1 Å². The number of para-hydroxylation sites is 1. The van der Waals surface area contributed by atoms with Crippen LogP contribution in [0, 0.1) is 0 Å². The predicted molar refractivity (Wildman–Crippen MR) is 117 cm³/mol. The van der Waals surface area contributed by atoms with Gasteiger partial charge in [0.25, 0.3) is 0 Å². The SMILES string of the molecule is CCNC(=NCCCc1nc2ccccc2s1)N1CCOC(c2cnn(C)c2)C1. The fourth-order valence-corrected chi connectivity index (χ4v) is 4.53. The van der Waals surface area contributed by atoms with Gasteiger partial charge in [-0.15, -0.1) is 11.3 Å². The van der Waals surface area contributed by atoms with Crippen molar-refractivity contribution < 1.29 is 4.74 Å². The quantitative estimate of drug-likeness (QED) is 0.383. The van der Waals surface area contributed by atoms with Crippen LogP contribution in [0.4, 0.5) is 0 Å². The Morgan fingerprint density at radius 1 is 1.38 bits per heavy atom. The molecule has 154 valence electrons. The zero-order valence-electron chi connectivity index (χ0n) is 17.0. The normalized spacial score (nSPS) is 17.8. The molecule has 0 radical (unpaired) electrons. The number of hydrogen-bond acceptors (Lipinski definition) is 5. The summed E-state index contributed by atoms with van der Waals surface area (Å²) in [5, 5.41) is 8.90. The largest absolute Gasteiger partial charge is 0.370 e. The second kappa shape index (κ2) is 9.37. The Balaban J connectivity index is 1.35. The number of rotatable bonds is 6. The summed E-state index contributed by atoms with van der Waals surface area (Å²) >= 11 is 1.78. The van der Waals surface area contributed by atoms with Crippen molar-refractivity contribution >= 4 is 27.5 Å². The van der Waals surface area contributed by atoms with Gasteiger partial charge in [-0.3, -0.25) is 9.67 Å². The number of aromatic nitrogens is 3. The van der Waals surface area contributed by atoms with Crippen LogP contribution in [0.25, 0.3) is 10.2 Å². The molecule has 8 heteroatoms. The van der Waals surface area contributed by atoms with Gasteiger partial charge in [0, 0.05) is 44.9 Å². The fourth-order valence-electron chi connectivity index (χ4n) is 3.52. The number of thiazole rings is 1. The van der Waals surface area contributed by atoms with Crippen LogP contribution in [0.1, 0.15) is 30.0 Å². The number of aliphatic imine (C=N–C) groups is 1. The monoisotopic (exact) mass is 412 g/mol. The molecule has 3 heterocycles. The summed E-state index contributed by atoms with van der Waals surface area (Å²) in [5.74, 6) is 0.967. The Bertz CT molecular complexity index is 932. The molecule has 0 aliphatic carbocycles. The molecule has 2 aromatic heterocycles. The first kappa shape index (κ1) is 19.8. The average molecular weight is 413 g/mol. The highest BCUT2D eigenvalue weighted by Gasteiger charge is 2.25. The van der Waals surface area contributed by atoms with E-state index < -0.39 is 0 Å². The smallest absolute Gasteiger partial charge is 0.194 e. The number of nitrogens with one attached hydrogen (secondary N) is 1. The first-order chi connectivity index (χ1) is 14.2. The Kier molecular flexibility index (Phi) is 6.41. The summed E-state index contributed by atoms with van der Waals surface area (Å²) in [6.07, 6.45) is 5.89. The van der Waals surface area contributed by atoms with Crippen LogP contribution in [0.5, 0.6) is 0 Å². The zero-order chi connectivity index (χ0) is 20.1. The molecule has 3 aromatic rings. The number of benzene rings is 1. The topological polar surface area (TPSA) is 67.6 Å². The van der Waals surface area contributed by atoms with Crippen molar-refractivity contribution in [1.29, 1.82) is 0 Å². The van der Waals surface area contributed by atoms with Crippen LogP contribution in [0.2, 0.25) is 0 Å². The van der Waals surface area contributed by atoms with Gasteiger partial charge in [-0.1, -0.05) is 12.1 Å². The average Bonchev–Trinajstić information content (AvgIpc) is 3.36. The van der Waals surface area contributed by atoms with Gasteiger partial charge in [0.05, 0.1) is 34.6 Å². The number of hydrogen-bond donors (Lipinski definition) is 1. The van der Waals surface area contributed by atoms with Gasteiger partial charge in [-0.05, 0) is 25.5 Å². The number of guanidine groups is 1. The van der Waals surface area contributed by atoms with Crippen molar-refractivity contribution in [1.82, 2.24) is 25.0 Å². The van der Waals surface area contributed by atoms with E-state index in [9.17, 15) is 0 Å². The summed E-state index contributed by atoms with van der Waals surface area (Å²) in [6, 6.07) is 8.32. The maximum absolute atomic E-state index is 5.96. The van der Waals surface area contributed by atoms with E-state index in [1.54, 1.807) is 11.3 Å². The molecule has 1 aromatic carbocycles. The van der Waals surface area contributed by atoms with Crippen molar-refractivity contribution in [3.8, 4) is 0 Å². The Labute approximate surface area is 175 Å². The highest BCUT2D eigenvalue weighted by molar-refractivity contribution is 7.18. The number of ether oxygens (including phenoxy) is 1. The summed E-state index contributed by atoms with van der Waals surface area (Å²) in [6.45, 7) is 6.07. The van der Waals surface area contributed by atoms with Crippen molar-refractivity contribution in [2.45, 2.75) is 25.9 Å². The molecule has 29 heavy (non-hydrogen) atoms. The second-order valence-electron chi connectivity index (χ2n) is 7.17. The van der Waals surface area contributed by atoms with Gasteiger partial charge < -0.3 is 15.0 Å². The van der Waals surface area contributed by atoms with Crippen molar-refractivity contribution in [2.24, 2.45) is 12.0 Å². The number of morpholine rings is 1. The minimum Gasteiger partial charge on any atom is -0.370 e. The van der Waals surface area contributed by atoms with E-state index in [2.05, 4.69) is 40.4 Å². The minimum atomic E-state index is 0.0315. The van der Waals surface area contributed by atoms with Crippen molar-refractivity contribution in [3.05, 3.63) is 47.2 Å². The van der Waals surface area contributed by atoms with E-state index in [1.807, 2.05) is 30.2 Å². The lowest BCUT2D eigenvalue weighted by atomic mass is 10.1. The highest BCUT2D eigenvalue weighted by atomic mass is 32.1. The summed E-state index contributed by atoms with van der Waals surface area (Å²) in [7, 11) is 1.93. The van der Waals surface area contributed by atoms with Gasteiger partial charge >= 0.3 is 0 Å². The maximum atomic E-state index is 5.96. The van der Waals surface area contributed by atoms with Gasteiger partial charge in [-0.2, -0.15) is 5.10 Å². The van der Waals surface area contributed by atoms with E-state index >= 15 is 0 Å². The van der Waals surface area contributed by atoms with Gasteiger partial charge in [0.1, 0.15) is 6.10 Å². The molecule has 1 aliphatic heterocycles. The Morgan fingerprint density at radius 2 is 2.28 bits per heavy atom. The minimum absolute atomic E-state index is 0.0315. The van der Waals surface area contributed by atoms with Crippen LogP contribution >= 0.6 is 11.3 Å². The molecule has 0 bridgehead atoms. The molecule has 0 amide bonds. The van der Waals surface area contributed by atoms with E-state index in [1.165, 1.54) is 9.71 Å². The lowest BCUT2D eigenvalue weighted by molar-refractivity contribution is -0.00804. The van der Waals surface area contributed by atoms with Crippen LogP contribution in [0.15, 0.2) is 41.7 Å². The first-order valence-electron chi connectivity index (χ1n) is 10.2. The predicted octanol–water partition coefficient (Wildman–Crippen LogP) is 3.00. The second-order valence-corrected chi connectivity index (χ2v) is 8.28. The third-order valence-electron chi connectivity index (χ3n) is 4.95. The third-order valence-corrected chi connectivity index (χ3v) is 6.04. The molecule has 0 saturated carbocycles. The molecule has 1 saturated heterocycles. The molecule has 1 fully saturated rings. The zero-order valence-corrected chi connectivity index (χ0v) is 17.9. The van der Waals surface area contributed by atoms with Gasteiger partial charge in [0.15, 0.2) is 5.96 Å². The van der Waals surface area contributed by atoms with Crippen molar-refractivity contribution in [2.75, 3.05) is 32.8 Å². The number of nitrogens with zero attached hydrogens (tertiary/aromatic N) is 5. The lowest BCUT2D eigenvalue weighted by Gasteiger charge is -2.34. The molecule has 7 nitrogen and oxygen atoms in total. The number of fused-ring (bicyclic) bond motifs is 1. The lowest BCUT2D eigenvalue weighted by Crippen LogP contribution is -2.48. The molecule has 0 spiro atoms. The van der Waals surface area contributed by atoms with Crippen molar-refractivity contribution in [3.63, 3.8) is 0 Å². The fraction of sp³-hybridized carbons (Fsp3) is 0.476. The Hall–Kier alpha value is -2.45. The van der Waals surface area contributed by atoms with Gasteiger partial charge in [-0.25, -0.2) is 4.98 Å². The third kappa shape index (κ3) is 4.94. The Morgan fingerprint density at radius 3 is 3.07 bits per heavy atom. The highest BCUT2D eigenvalue weighted by Crippen LogP contribution is 2.23. The van der Waals surface area contributed by atoms with E-state index in [4.69, 9.17) is 14.7 Å². The molecular weight excluding hydrogens is 384 g/mol. The standard InChI is InChI=1S/C21H28N6OS/c1-3-22-21(27-11-12-28-18(15-27)16-13-24-26(2)14-16)23-10-6-9-20-25-17-7-4-5-8-19(17)29-20/h4-5,7-8,13-14,18H,3,6,9-12,15H2,1-2H3,(H,22,23). The first-order valence-corrected chi connectivity index (χ1v) is 11.0. The van der Waals surface area contributed by atoms with Crippen LogP contribution in [-0.2, 0) is 18.2 Å². The summed E-state index contributed by atoms with van der Waals surface area (Å²) in [4.78, 5) is 11.9. The molecule has 4 rings (SSSR count). The molecule has 1 N–H and O–H groups in total. The molecule has 1 unspecified atom stereocenters. The summed E-state index contributed by atoms with van der Waals surface area (Å²) < 4.78 is 9.04. The summed E-state index contributed by atoms with van der Waals surface area (Å²) in [5.41, 5.74) is 2.21. The van der Waals surface area contributed by atoms with Gasteiger partial charge in [0.2, 0.25) is 0 Å². The maximum Gasteiger partial charge on any atom is 0.194 e.